The smallest absolute Gasteiger partial charge is 0.744 e. The molecule has 1 aromatic carbocycles. The van der Waals surface area contributed by atoms with Gasteiger partial charge in [0, 0.05) is 5.56 Å². The molecule has 0 aliphatic heterocycles. The first-order valence-corrected chi connectivity index (χ1v) is 4.74. The van der Waals surface area contributed by atoms with Crippen LogP contribution in [0.5, 0.6) is 0 Å². The molecule has 0 aliphatic carbocycles. The summed E-state index contributed by atoms with van der Waals surface area (Å²) < 4.78 is 32.0. The fourth-order valence-electron chi connectivity index (χ4n) is 0.895. The van der Waals surface area contributed by atoms with Crippen LogP contribution in [0.25, 0.3) is 0 Å². The van der Waals surface area contributed by atoms with Crippen molar-refractivity contribution >= 4 is 16.3 Å². The van der Waals surface area contributed by atoms with Crippen LogP contribution in [0.4, 0.5) is 0 Å². The predicted octanol–water partition coefficient (Wildman–Crippen LogP) is -3.11. The Bertz CT molecular complexity index is 430. The van der Waals surface area contributed by atoms with Gasteiger partial charge < -0.3 is 10.4 Å². The van der Waals surface area contributed by atoms with Crippen LogP contribution in [0.2, 0.25) is 0 Å². The summed E-state index contributed by atoms with van der Waals surface area (Å²) in [6.07, 6.45) is 1.12. The van der Waals surface area contributed by atoms with Crippen LogP contribution in [0.3, 0.4) is 0 Å². The fraction of sp³-hybridized carbons (Fsp3) is 0. The van der Waals surface area contributed by atoms with E-state index in [9.17, 15) is 13.0 Å². The maximum absolute atomic E-state index is 10.7. The van der Waals surface area contributed by atoms with Crippen molar-refractivity contribution in [2.45, 2.75) is 4.90 Å². The van der Waals surface area contributed by atoms with E-state index in [-0.39, 0.29) is 40.0 Å². The third-order valence-corrected chi connectivity index (χ3v) is 2.31. The maximum atomic E-state index is 10.7. The quantitative estimate of drug-likeness (QED) is 0.188. The molecule has 0 spiro atoms. The van der Waals surface area contributed by atoms with Gasteiger partial charge in [-0.3, -0.25) is 0 Å². The molecule has 0 heterocycles. The molecule has 0 fully saturated rings. The molecule has 0 amide bonds. The summed E-state index contributed by atoms with van der Waals surface area (Å²) in [7, 11) is -4.45. The average Bonchev–Trinajstić information content (AvgIpc) is 2.04. The SMILES string of the molecule is N/N=C\c1ccccc1S(=O)(=O)[O-].[Na+]. The minimum atomic E-state index is -4.45. The minimum absolute atomic E-state index is 0. The molecule has 0 saturated carbocycles. The predicted molar refractivity (Wildman–Crippen MR) is 46.2 cm³/mol. The zero-order valence-electron chi connectivity index (χ0n) is 7.54. The Morgan fingerprint density at radius 2 is 1.93 bits per heavy atom. The van der Waals surface area contributed by atoms with Gasteiger partial charge in [-0.2, -0.15) is 5.10 Å². The van der Waals surface area contributed by atoms with Gasteiger partial charge in [0.25, 0.3) is 0 Å². The van der Waals surface area contributed by atoms with Gasteiger partial charge in [-0.1, -0.05) is 18.2 Å². The molecular formula is C7H7N2NaO3S. The Hall–Kier alpha value is -0.400. The maximum Gasteiger partial charge on any atom is 1.00 e. The van der Waals surface area contributed by atoms with Gasteiger partial charge in [-0.15, -0.1) is 0 Å². The van der Waals surface area contributed by atoms with Gasteiger partial charge >= 0.3 is 29.6 Å². The summed E-state index contributed by atoms with van der Waals surface area (Å²) in [6, 6.07) is 5.70. The molecule has 2 N–H and O–H groups in total. The van der Waals surface area contributed by atoms with E-state index in [0.29, 0.717) is 0 Å². The standard InChI is InChI=1S/C7H8N2O3S.Na/c8-9-5-6-3-1-2-4-7(6)13(10,11)12;/h1-5H,8H2,(H,10,11,12);/q;+1/p-1/b9-5-;. The molecule has 0 radical (unpaired) electrons. The van der Waals surface area contributed by atoms with E-state index < -0.39 is 10.1 Å². The molecule has 14 heavy (non-hydrogen) atoms. The number of rotatable bonds is 2. The third kappa shape index (κ3) is 3.39. The summed E-state index contributed by atoms with van der Waals surface area (Å²) in [5.41, 5.74) is 0.194. The van der Waals surface area contributed by atoms with Crippen LogP contribution in [-0.4, -0.2) is 19.2 Å². The van der Waals surface area contributed by atoms with Gasteiger partial charge in [-0.25, -0.2) is 8.42 Å². The Morgan fingerprint density at radius 1 is 1.36 bits per heavy atom. The first kappa shape index (κ1) is 13.6. The number of benzene rings is 1. The second-order valence-electron chi connectivity index (χ2n) is 2.27. The van der Waals surface area contributed by atoms with E-state index in [0.717, 1.165) is 6.21 Å². The van der Waals surface area contributed by atoms with Crippen LogP contribution >= 0.6 is 0 Å². The molecule has 1 aromatic rings. The summed E-state index contributed by atoms with van der Waals surface area (Å²) in [4.78, 5) is -0.316. The number of hydrazone groups is 1. The van der Waals surface area contributed by atoms with Crippen molar-refractivity contribution in [1.82, 2.24) is 0 Å². The molecule has 70 valence electrons. The molecule has 0 aromatic heterocycles. The molecule has 0 unspecified atom stereocenters. The largest absolute Gasteiger partial charge is 1.00 e. The van der Waals surface area contributed by atoms with Gasteiger partial charge in [-0.05, 0) is 6.07 Å². The van der Waals surface area contributed by atoms with Crippen LogP contribution in [0.15, 0.2) is 34.3 Å². The van der Waals surface area contributed by atoms with Crippen molar-refractivity contribution in [3.05, 3.63) is 29.8 Å². The summed E-state index contributed by atoms with van der Waals surface area (Å²) in [5, 5.41) is 3.15. The van der Waals surface area contributed by atoms with Crippen molar-refractivity contribution in [2.24, 2.45) is 10.9 Å². The molecule has 0 aliphatic rings. The number of nitrogens with zero attached hydrogens (tertiary/aromatic N) is 1. The fourth-order valence-corrected chi connectivity index (χ4v) is 1.55. The van der Waals surface area contributed by atoms with Crippen molar-refractivity contribution in [3.8, 4) is 0 Å². The van der Waals surface area contributed by atoms with Gasteiger partial charge in [0.15, 0.2) is 0 Å². The van der Waals surface area contributed by atoms with Crippen LogP contribution in [-0.2, 0) is 10.1 Å². The normalized spacial score (nSPS) is 11.2. The van der Waals surface area contributed by atoms with Crippen LogP contribution in [0, 0.1) is 0 Å². The van der Waals surface area contributed by atoms with Crippen LogP contribution < -0.4 is 35.4 Å². The number of hydrogen-bond donors (Lipinski definition) is 1. The topological polar surface area (TPSA) is 95.6 Å². The van der Waals surface area contributed by atoms with Gasteiger partial charge in [0.05, 0.1) is 11.1 Å². The zero-order valence-corrected chi connectivity index (χ0v) is 10.4. The first-order valence-electron chi connectivity index (χ1n) is 3.34. The number of nitrogens with two attached hydrogens (primary N) is 1. The van der Waals surface area contributed by atoms with Crippen molar-refractivity contribution in [3.63, 3.8) is 0 Å². The van der Waals surface area contributed by atoms with Crippen molar-refractivity contribution in [1.29, 1.82) is 0 Å². The Labute approximate surface area is 104 Å². The zero-order chi connectivity index (χ0) is 9.90. The monoisotopic (exact) mass is 222 g/mol. The average molecular weight is 222 g/mol. The summed E-state index contributed by atoms with van der Waals surface area (Å²) >= 11 is 0. The molecule has 5 nitrogen and oxygen atoms in total. The molecule has 1 rings (SSSR count). The molecular weight excluding hydrogens is 215 g/mol. The van der Waals surface area contributed by atoms with Gasteiger partial charge in [0.1, 0.15) is 10.1 Å². The van der Waals surface area contributed by atoms with Crippen LogP contribution in [0.1, 0.15) is 5.56 Å². The Morgan fingerprint density at radius 3 is 2.43 bits per heavy atom. The second-order valence-corrected chi connectivity index (χ2v) is 3.62. The van der Waals surface area contributed by atoms with E-state index in [1.165, 1.54) is 18.2 Å². The second kappa shape index (κ2) is 5.47. The van der Waals surface area contributed by atoms with E-state index in [1.807, 2.05) is 0 Å². The molecule has 0 atom stereocenters. The van der Waals surface area contributed by atoms with E-state index in [4.69, 9.17) is 5.84 Å². The number of hydrogen-bond acceptors (Lipinski definition) is 5. The van der Waals surface area contributed by atoms with Gasteiger partial charge in [0.2, 0.25) is 0 Å². The van der Waals surface area contributed by atoms with E-state index >= 15 is 0 Å². The molecule has 0 bridgehead atoms. The van der Waals surface area contributed by atoms with E-state index in [2.05, 4.69) is 5.10 Å². The Kier molecular flexibility index (Phi) is 5.32. The molecule has 7 heteroatoms. The van der Waals surface area contributed by atoms with Crippen molar-refractivity contribution < 1.29 is 42.5 Å². The third-order valence-electron chi connectivity index (χ3n) is 1.40. The summed E-state index contributed by atoms with van der Waals surface area (Å²) in [5.74, 6) is 4.85. The Balaban J connectivity index is 0.00000169. The first-order chi connectivity index (χ1) is 6.05. The minimum Gasteiger partial charge on any atom is -0.744 e. The van der Waals surface area contributed by atoms with E-state index in [1.54, 1.807) is 6.07 Å². The van der Waals surface area contributed by atoms with Crippen molar-refractivity contribution in [2.75, 3.05) is 0 Å². The summed E-state index contributed by atoms with van der Waals surface area (Å²) in [6.45, 7) is 0. The molecule has 0 saturated heterocycles.